The Labute approximate surface area is 83.3 Å². The van der Waals surface area contributed by atoms with Gasteiger partial charge in [-0.15, -0.1) is 0 Å². The summed E-state index contributed by atoms with van der Waals surface area (Å²) in [6, 6.07) is 0. The normalized spacial score (nSPS) is 22.1. The fourth-order valence-electron chi connectivity index (χ4n) is 1.66. The van der Waals surface area contributed by atoms with Crippen molar-refractivity contribution in [2.75, 3.05) is 13.1 Å². The minimum absolute atomic E-state index is 0.348. The van der Waals surface area contributed by atoms with Crippen molar-refractivity contribution in [3.05, 3.63) is 29.9 Å². The van der Waals surface area contributed by atoms with E-state index >= 15 is 0 Å². The van der Waals surface area contributed by atoms with Crippen LogP contribution in [-0.2, 0) is 13.5 Å². The number of β-amino-alcohol motifs (C(OH)–C–C–N with tert-alkyl or cyclic N) is 1. The van der Waals surface area contributed by atoms with Crippen molar-refractivity contribution >= 4 is 0 Å². The van der Waals surface area contributed by atoms with Gasteiger partial charge in [0.15, 0.2) is 0 Å². The van der Waals surface area contributed by atoms with Gasteiger partial charge in [0.1, 0.15) is 5.82 Å². The Balaban J connectivity index is 2.07. The third kappa shape index (κ3) is 2.02. The highest BCUT2D eigenvalue weighted by Crippen LogP contribution is 2.08. The van der Waals surface area contributed by atoms with E-state index in [1.807, 2.05) is 23.9 Å². The number of hydrogen-bond donors (Lipinski definition) is 2. The van der Waals surface area contributed by atoms with Crippen molar-refractivity contribution in [3.8, 4) is 0 Å². The van der Waals surface area contributed by atoms with Crippen molar-refractivity contribution in [3.63, 3.8) is 0 Å². The molecule has 1 unspecified atom stereocenters. The topological polar surface area (TPSA) is 50.1 Å². The number of rotatable bonds is 2. The lowest BCUT2D eigenvalue weighted by Crippen LogP contribution is -2.33. The predicted molar refractivity (Wildman–Crippen MR) is 53.9 cm³/mol. The first-order valence-electron chi connectivity index (χ1n) is 4.80. The lowest BCUT2D eigenvalue weighted by atomic mass is 10.1. The van der Waals surface area contributed by atoms with Crippen LogP contribution >= 0.6 is 0 Å². The quantitative estimate of drug-likeness (QED) is 0.642. The highest BCUT2D eigenvalue weighted by molar-refractivity contribution is 5.16. The summed E-state index contributed by atoms with van der Waals surface area (Å²) in [6.07, 6.45) is 6.11. The molecule has 1 aliphatic heterocycles. The van der Waals surface area contributed by atoms with Crippen LogP contribution in [0.15, 0.2) is 24.0 Å². The monoisotopic (exact) mass is 193 g/mol. The van der Waals surface area contributed by atoms with Gasteiger partial charge >= 0.3 is 0 Å². The van der Waals surface area contributed by atoms with E-state index in [-0.39, 0.29) is 6.10 Å². The Kier molecular flexibility index (Phi) is 2.65. The molecule has 0 aromatic carbocycles. The Morgan fingerprint density at radius 1 is 1.71 bits per heavy atom. The lowest BCUT2D eigenvalue weighted by molar-refractivity contribution is 0.212. The van der Waals surface area contributed by atoms with Gasteiger partial charge in [0.25, 0.3) is 0 Å². The standard InChI is InChI=1S/C10H15N3O/c1-13-3-2-12-10(13)5-8-4-9(14)7-11-6-8/h2-4,9,11,14H,5-7H2,1H3. The third-order valence-corrected chi connectivity index (χ3v) is 2.44. The largest absolute Gasteiger partial charge is 0.388 e. The first-order chi connectivity index (χ1) is 6.75. The zero-order valence-electron chi connectivity index (χ0n) is 8.27. The van der Waals surface area contributed by atoms with Crippen molar-refractivity contribution in [1.82, 2.24) is 14.9 Å². The van der Waals surface area contributed by atoms with Gasteiger partial charge in [-0.1, -0.05) is 11.6 Å². The molecular formula is C10H15N3O. The summed E-state index contributed by atoms with van der Waals surface area (Å²) < 4.78 is 2.00. The fraction of sp³-hybridized carbons (Fsp3) is 0.500. The molecule has 0 saturated heterocycles. The fourth-order valence-corrected chi connectivity index (χ4v) is 1.66. The Morgan fingerprint density at radius 2 is 2.57 bits per heavy atom. The molecule has 1 aromatic heterocycles. The molecule has 1 aromatic rings. The molecule has 2 rings (SSSR count). The van der Waals surface area contributed by atoms with Crippen LogP contribution in [0.4, 0.5) is 0 Å². The van der Waals surface area contributed by atoms with E-state index < -0.39 is 0 Å². The van der Waals surface area contributed by atoms with Crippen molar-refractivity contribution in [1.29, 1.82) is 0 Å². The number of hydrogen-bond acceptors (Lipinski definition) is 3. The summed E-state index contributed by atoms with van der Waals surface area (Å²) in [7, 11) is 1.98. The van der Waals surface area contributed by atoms with E-state index in [4.69, 9.17) is 0 Å². The van der Waals surface area contributed by atoms with Crippen LogP contribution in [-0.4, -0.2) is 33.9 Å². The van der Waals surface area contributed by atoms with E-state index in [0.29, 0.717) is 6.54 Å². The maximum atomic E-state index is 9.41. The third-order valence-electron chi connectivity index (χ3n) is 2.44. The zero-order valence-corrected chi connectivity index (χ0v) is 8.27. The number of aliphatic hydroxyl groups is 1. The molecule has 0 bridgehead atoms. The molecule has 14 heavy (non-hydrogen) atoms. The minimum Gasteiger partial charge on any atom is -0.388 e. The van der Waals surface area contributed by atoms with Crippen LogP contribution in [0.25, 0.3) is 0 Å². The molecule has 1 aliphatic rings. The highest BCUT2D eigenvalue weighted by Gasteiger charge is 2.11. The lowest BCUT2D eigenvalue weighted by Gasteiger charge is -2.18. The molecular weight excluding hydrogens is 178 g/mol. The van der Waals surface area contributed by atoms with Gasteiger partial charge < -0.3 is 15.0 Å². The first-order valence-corrected chi connectivity index (χ1v) is 4.80. The molecule has 0 saturated carbocycles. The summed E-state index contributed by atoms with van der Waals surface area (Å²) in [6.45, 7) is 1.51. The summed E-state index contributed by atoms with van der Waals surface area (Å²) >= 11 is 0. The number of imidazole rings is 1. The number of nitrogens with zero attached hydrogens (tertiary/aromatic N) is 2. The highest BCUT2D eigenvalue weighted by atomic mass is 16.3. The van der Waals surface area contributed by atoms with E-state index in [1.54, 1.807) is 6.20 Å². The Morgan fingerprint density at radius 3 is 3.21 bits per heavy atom. The van der Waals surface area contributed by atoms with Gasteiger partial charge in [0.2, 0.25) is 0 Å². The van der Waals surface area contributed by atoms with Gasteiger partial charge in [-0.05, 0) is 0 Å². The minimum atomic E-state index is -0.348. The number of aromatic nitrogens is 2. The summed E-state index contributed by atoms with van der Waals surface area (Å²) in [4.78, 5) is 4.25. The zero-order chi connectivity index (χ0) is 9.97. The van der Waals surface area contributed by atoms with Crippen molar-refractivity contribution in [2.45, 2.75) is 12.5 Å². The van der Waals surface area contributed by atoms with E-state index in [2.05, 4.69) is 10.3 Å². The van der Waals surface area contributed by atoms with E-state index in [9.17, 15) is 5.11 Å². The van der Waals surface area contributed by atoms with Crippen LogP contribution < -0.4 is 5.32 Å². The molecule has 76 valence electrons. The molecule has 4 heteroatoms. The van der Waals surface area contributed by atoms with Crippen LogP contribution in [0.2, 0.25) is 0 Å². The van der Waals surface area contributed by atoms with Gasteiger partial charge in [-0.25, -0.2) is 4.98 Å². The second-order valence-electron chi connectivity index (χ2n) is 3.65. The van der Waals surface area contributed by atoms with Crippen LogP contribution in [0.1, 0.15) is 5.82 Å². The van der Waals surface area contributed by atoms with Gasteiger partial charge in [0, 0.05) is 39.0 Å². The molecule has 0 amide bonds. The molecule has 0 fully saturated rings. The van der Waals surface area contributed by atoms with Gasteiger partial charge in [-0.2, -0.15) is 0 Å². The SMILES string of the molecule is Cn1ccnc1CC1=CC(O)CNC1. The number of nitrogens with one attached hydrogen (secondary N) is 1. The molecule has 0 radical (unpaired) electrons. The average Bonchev–Trinajstić information content (AvgIpc) is 2.52. The molecule has 1 atom stereocenters. The van der Waals surface area contributed by atoms with E-state index in [1.165, 1.54) is 5.57 Å². The number of aryl methyl sites for hydroxylation is 1. The molecule has 0 spiro atoms. The molecule has 4 nitrogen and oxygen atoms in total. The van der Waals surface area contributed by atoms with Crippen LogP contribution in [0.3, 0.4) is 0 Å². The van der Waals surface area contributed by atoms with Crippen LogP contribution in [0, 0.1) is 0 Å². The molecule has 2 heterocycles. The number of aliphatic hydroxyl groups excluding tert-OH is 1. The molecule has 0 aliphatic carbocycles. The Bertz CT molecular complexity index is 343. The molecule has 2 N–H and O–H groups in total. The van der Waals surface area contributed by atoms with Gasteiger partial charge in [-0.3, -0.25) is 0 Å². The first kappa shape index (κ1) is 9.43. The van der Waals surface area contributed by atoms with Crippen LogP contribution in [0.5, 0.6) is 0 Å². The van der Waals surface area contributed by atoms with Crippen molar-refractivity contribution in [2.24, 2.45) is 7.05 Å². The summed E-state index contributed by atoms with van der Waals surface area (Å²) in [5.74, 6) is 1.03. The second-order valence-corrected chi connectivity index (χ2v) is 3.65. The summed E-state index contributed by atoms with van der Waals surface area (Å²) in [5.41, 5.74) is 1.21. The van der Waals surface area contributed by atoms with Gasteiger partial charge in [0.05, 0.1) is 6.10 Å². The predicted octanol–water partition coefficient (Wildman–Crippen LogP) is -0.147. The van der Waals surface area contributed by atoms with Crippen molar-refractivity contribution < 1.29 is 5.11 Å². The van der Waals surface area contributed by atoms with E-state index in [0.717, 1.165) is 18.8 Å². The second kappa shape index (κ2) is 3.94. The Hall–Kier alpha value is -1.13. The summed E-state index contributed by atoms with van der Waals surface area (Å²) in [5, 5.41) is 12.6. The maximum Gasteiger partial charge on any atom is 0.112 e. The maximum absolute atomic E-state index is 9.41. The smallest absolute Gasteiger partial charge is 0.112 e. The average molecular weight is 193 g/mol.